The molecular formula is C21H21N3OS. The van der Waals surface area contributed by atoms with E-state index in [1.165, 1.54) is 15.3 Å². The van der Waals surface area contributed by atoms with Crippen LogP contribution in [-0.4, -0.2) is 12.1 Å². The standard InChI is InChI=1S/C21H21N3OS/c1-25-14-16-13-17-19(26-16)10-12-24(15-7-3-2-4-8-15)21(17)20(22)18-9-5-6-11-23-18/h2-13,20-21H,14,22H2,1H3. The molecule has 0 bridgehead atoms. The van der Waals surface area contributed by atoms with Crippen LogP contribution in [-0.2, 0) is 11.3 Å². The van der Waals surface area contributed by atoms with Gasteiger partial charge < -0.3 is 15.4 Å². The molecule has 0 spiro atoms. The molecular weight excluding hydrogens is 342 g/mol. The van der Waals surface area contributed by atoms with Gasteiger partial charge in [0.05, 0.1) is 24.4 Å². The minimum absolute atomic E-state index is 0.0193. The van der Waals surface area contributed by atoms with E-state index in [9.17, 15) is 0 Å². The summed E-state index contributed by atoms with van der Waals surface area (Å²) >= 11 is 1.76. The summed E-state index contributed by atoms with van der Waals surface area (Å²) in [6, 6.07) is 18.2. The lowest BCUT2D eigenvalue weighted by molar-refractivity contribution is 0.187. The van der Waals surface area contributed by atoms with Crippen molar-refractivity contribution in [3.63, 3.8) is 0 Å². The van der Waals surface area contributed by atoms with E-state index in [4.69, 9.17) is 10.5 Å². The molecule has 3 heterocycles. The lowest BCUT2D eigenvalue weighted by Crippen LogP contribution is -2.35. The average Bonchev–Trinajstić information content (AvgIpc) is 3.11. The number of hydrogen-bond acceptors (Lipinski definition) is 5. The van der Waals surface area contributed by atoms with E-state index in [0.29, 0.717) is 6.61 Å². The van der Waals surface area contributed by atoms with E-state index in [0.717, 1.165) is 11.4 Å². The number of fused-ring (bicyclic) bond motifs is 1. The molecule has 3 aromatic rings. The summed E-state index contributed by atoms with van der Waals surface area (Å²) in [5, 5.41) is 0. The molecule has 0 fully saturated rings. The van der Waals surface area contributed by atoms with Crippen molar-refractivity contribution in [2.45, 2.75) is 18.7 Å². The summed E-state index contributed by atoms with van der Waals surface area (Å²) in [7, 11) is 1.72. The average molecular weight is 363 g/mol. The zero-order valence-electron chi connectivity index (χ0n) is 14.6. The van der Waals surface area contributed by atoms with Gasteiger partial charge in [-0.15, -0.1) is 11.3 Å². The smallest absolute Gasteiger partial charge is 0.0808 e. The number of methoxy groups -OCH3 is 1. The van der Waals surface area contributed by atoms with Crippen molar-refractivity contribution >= 4 is 23.1 Å². The van der Waals surface area contributed by atoms with Crippen LogP contribution < -0.4 is 10.6 Å². The maximum absolute atomic E-state index is 6.73. The monoisotopic (exact) mass is 363 g/mol. The normalized spacial score (nSPS) is 17.2. The Morgan fingerprint density at radius 3 is 2.73 bits per heavy atom. The van der Waals surface area contributed by atoms with Crippen molar-refractivity contribution in [1.29, 1.82) is 0 Å². The van der Waals surface area contributed by atoms with E-state index < -0.39 is 0 Å². The third-order valence-corrected chi connectivity index (χ3v) is 5.65. The fourth-order valence-corrected chi connectivity index (χ4v) is 4.46. The maximum Gasteiger partial charge on any atom is 0.0808 e. The Balaban J connectivity index is 1.79. The molecule has 2 unspecified atom stereocenters. The van der Waals surface area contributed by atoms with Gasteiger partial charge in [-0.2, -0.15) is 0 Å². The summed E-state index contributed by atoms with van der Waals surface area (Å²) < 4.78 is 5.33. The van der Waals surface area contributed by atoms with E-state index in [2.05, 4.69) is 40.4 Å². The van der Waals surface area contributed by atoms with Crippen molar-refractivity contribution in [2.24, 2.45) is 5.73 Å². The first-order valence-corrected chi connectivity index (χ1v) is 9.39. The Labute approximate surface area is 157 Å². The first kappa shape index (κ1) is 17.0. The second-order valence-corrected chi connectivity index (χ2v) is 7.42. The first-order valence-electron chi connectivity index (χ1n) is 8.57. The fraction of sp³-hybridized carbons (Fsp3) is 0.190. The zero-order valence-corrected chi connectivity index (χ0v) is 15.4. The number of para-hydroxylation sites is 1. The molecule has 26 heavy (non-hydrogen) atoms. The molecule has 4 rings (SSSR count). The minimum atomic E-state index is -0.245. The molecule has 0 amide bonds. The second kappa shape index (κ2) is 7.41. The van der Waals surface area contributed by atoms with Gasteiger partial charge >= 0.3 is 0 Å². The lowest BCUT2D eigenvalue weighted by atomic mass is 9.93. The molecule has 132 valence electrons. The molecule has 1 aromatic carbocycles. The molecule has 2 aromatic heterocycles. The lowest BCUT2D eigenvalue weighted by Gasteiger charge is -2.37. The van der Waals surface area contributed by atoms with Crippen LogP contribution in [0.4, 0.5) is 5.69 Å². The quantitative estimate of drug-likeness (QED) is 0.724. The maximum atomic E-state index is 6.73. The van der Waals surface area contributed by atoms with E-state index in [1.54, 1.807) is 24.6 Å². The number of rotatable bonds is 5. The number of hydrogen-bond donors (Lipinski definition) is 1. The number of thiophene rings is 1. The highest BCUT2D eigenvalue weighted by atomic mass is 32.1. The Bertz CT molecular complexity index is 892. The molecule has 2 atom stereocenters. The Kier molecular flexibility index (Phi) is 4.84. The van der Waals surface area contributed by atoms with Gasteiger partial charge in [-0.25, -0.2) is 0 Å². The van der Waals surface area contributed by atoms with Crippen LogP contribution >= 0.6 is 11.3 Å². The number of nitrogens with zero attached hydrogens (tertiary/aromatic N) is 2. The molecule has 0 aliphatic carbocycles. The van der Waals surface area contributed by atoms with E-state index in [-0.39, 0.29) is 12.1 Å². The summed E-state index contributed by atoms with van der Waals surface area (Å²) in [5.41, 5.74) is 9.96. The molecule has 2 N–H and O–H groups in total. The molecule has 0 saturated carbocycles. The fourth-order valence-electron chi connectivity index (χ4n) is 3.39. The van der Waals surface area contributed by atoms with Gasteiger partial charge in [0.1, 0.15) is 0 Å². The Morgan fingerprint density at radius 1 is 1.19 bits per heavy atom. The third kappa shape index (κ3) is 3.17. The van der Waals surface area contributed by atoms with Gasteiger partial charge in [0.2, 0.25) is 0 Å². The topological polar surface area (TPSA) is 51.4 Å². The first-order chi connectivity index (χ1) is 12.8. The Hall–Kier alpha value is -2.47. The minimum Gasteiger partial charge on any atom is -0.379 e. The van der Waals surface area contributed by atoms with Gasteiger partial charge in [0.15, 0.2) is 0 Å². The highest BCUT2D eigenvalue weighted by molar-refractivity contribution is 7.13. The second-order valence-electron chi connectivity index (χ2n) is 6.25. The molecule has 4 nitrogen and oxygen atoms in total. The predicted molar refractivity (Wildman–Crippen MR) is 107 cm³/mol. The molecule has 5 heteroatoms. The van der Waals surface area contributed by atoms with Gasteiger partial charge in [-0.1, -0.05) is 24.3 Å². The van der Waals surface area contributed by atoms with Crippen molar-refractivity contribution in [3.05, 3.63) is 88.0 Å². The summed E-state index contributed by atoms with van der Waals surface area (Å²) in [6.45, 7) is 0.613. The van der Waals surface area contributed by atoms with Crippen LogP contribution in [0.3, 0.4) is 0 Å². The molecule has 0 radical (unpaired) electrons. The van der Waals surface area contributed by atoms with Crippen LogP contribution in [0.2, 0.25) is 0 Å². The third-order valence-electron chi connectivity index (χ3n) is 4.56. The van der Waals surface area contributed by atoms with Crippen molar-refractivity contribution in [2.75, 3.05) is 12.0 Å². The van der Waals surface area contributed by atoms with Crippen LogP contribution in [0.1, 0.15) is 33.1 Å². The Morgan fingerprint density at radius 2 is 2.00 bits per heavy atom. The van der Waals surface area contributed by atoms with Gasteiger partial charge in [0, 0.05) is 34.9 Å². The van der Waals surface area contributed by atoms with Crippen molar-refractivity contribution in [1.82, 2.24) is 4.98 Å². The largest absolute Gasteiger partial charge is 0.379 e. The molecule has 1 aliphatic rings. The van der Waals surface area contributed by atoms with Gasteiger partial charge in [-0.3, -0.25) is 4.98 Å². The van der Waals surface area contributed by atoms with Crippen LogP contribution in [0, 0.1) is 0 Å². The van der Waals surface area contributed by atoms with Crippen LogP contribution in [0.5, 0.6) is 0 Å². The molecule has 0 saturated heterocycles. The van der Waals surface area contributed by atoms with Crippen molar-refractivity contribution in [3.8, 4) is 0 Å². The van der Waals surface area contributed by atoms with E-state index in [1.807, 2.05) is 36.4 Å². The summed E-state index contributed by atoms with van der Waals surface area (Å²) in [5.74, 6) is 0. The number of pyridine rings is 1. The number of anilines is 1. The molecule has 1 aliphatic heterocycles. The summed E-state index contributed by atoms with van der Waals surface area (Å²) in [4.78, 5) is 9.18. The number of aromatic nitrogens is 1. The highest BCUT2D eigenvalue weighted by Crippen LogP contribution is 2.43. The number of ether oxygens (including phenoxy) is 1. The number of nitrogens with two attached hydrogens (primary N) is 1. The van der Waals surface area contributed by atoms with Crippen molar-refractivity contribution < 1.29 is 4.74 Å². The predicted octanol–water partition coefficient (Wildman–Crippen LogP) is 4.52. The number of benzene rings is 1. The zero-order chi connectivity index (χ0) is 17.9. The highest BCUT2D eigenvalue weighted by Gasteiger charge is 2.33. The van der Waals surface area contributed by atoms with Crippen LogP contribution in [0.25, 0.3) is 6.08 Å². The van der Waals surface area contributed by atoms with Crippen LogP contribution in [0.15, 0.2) is 67.0 Å². The summed E-state index contributed by atoms with van der Waals surface area (Å²) in [6.07, 6.45) is 6.08. The van der Waals surface area contributed by atoms with Gasteiger partial charge in [0.25, 0.3) is 0 Å². The SMILES string of the molecule is COCc1cc2c(s1)C=CN(c1ccccc1)C2C(N)c1ccccn1. The van der Waals surface area contributed by atoms with Gasteiger partial charge in [-0.05, 0) is 42.0 Å². The van der Waals surface area contributed by atoms with E-state index >= 15 is 0 Å².